The minimum atomic E-state index is -4.55. The minimum absolute atomic E-state index is 0.0409. The van der Waals surface area contributed by atoms with Gasteiger partial charge in [0.15, 0.2) is 0 Å². The highest BCUT2D eigenvalue weighted by Gasteiger charge is 2.31. The molecule has 0 saturated heterocycles. The van der Waals surface area contributed by atoms with Gasteiger partial charge in [0.1, 0.15) is 12.4 Å². The Morgan fingerprint density at radius 2 is 1.71 bits per heavy atom. The summed E-state index contributed by atoms with van der Waals surface area (Å²) in [7, 11) is 1.44. The molecule has 204 valence electrons. The molecular weight excluding hydrogens is 499 g/mol. The average Bonchev–Trinajstić information content (AvgIpc) is 3.26. The molecule has 0 bridgehead atoms. The number of nitrogens with zero attached hydrogens (tertiary/aromatic N) is 3. The monoisotopic (exact) mass is 531 g/mol. The second-order valence-corrected chi connectivity index (χ2v) is 9.88. The van der Waals surface area contributed by atoms with E-state index in [2.05, 4.69) is 15.7 Å². The summed E-state index contributed by atoms with van der Waals surface area (Å²) in [5, 5.41) is 9.93. The quantitative estimate of drug-likeness (QED) is 0.395. The molecule has 0 aliphatic rings. The van der Waals surface area contributed by atoms with Crippen molar-refractivity contribution in [2.45, 2.75) is 39.3 Å². The summed E-state index contributed by atoms with van der Waals surface area (Å²) in [4.78, 5) is 27.1. The molecule has 3 rings (SSSR count). The fourth-order valence-electron chi connectivity index (χ4n) is 3.50. The number of methoxy groups -OCH3 is 1. The van der Waals surface area contributed by atoms with E-state index in [4.69, 9.17) is 4.74 Å². The number of carbonyl (C=O) groups is 2. The lowest BCUT2D eigenvalue weighted by Crippen LogP contribution is -2.42. The van der Waals surface area contributed by atoms with E-state index in [9.17, 15) is 22.8 Å². The zero-order chi connectivity index (χ0) is 28.1. The summed E-state index contributed by atoms with van der Waals surface area (Å²) in [5.41, 5.74) is 1.36. The van der Waals surface area contributed by atoms with Gasteiger partial charge in [-0.2, -0.15) is 18.3 Å². The van der Waals surface area contributed by atoms with Crippen LogP contribution in [0.3, 0.4) is 0 Å². The Morgan fingerprint density at radius 1 is 1.03 bits per heavy atom. The molecule has 38 heavy (non-hydrogen) atoms. The van der Waals surface area contributed by atoms with Crippen LogP contribution in [0.2, 0.25) is 0 Å². The van der Waals surface area contributed by atoms with Crippen molar-refractivity contribution in [3.8, 4) is 5.69 Å². The van der Waals surface area contributed by atoms with E-state index >= 15 is 0 Å². The number of carbonyl (C=O) groups excluding carboxylic acids is 2. The number of anilines is 2. The molecule has 0 spiro atoms. The highest BCUT2D eigenvalue weighted by atomic mass is 19.4. The third-order valence-electron chi connectivity index (χ3n) is 5.65. The zero-order valence-corrected chi connectivity index (χ0v) is 22.0. The Morgan fingerprint density at radius 3 is 2.32 bits per heavy atom. The third-order valence-corrected chi connectivity index (χ3v) is 5.65. The van der Waals surface area contributed by atoms with Crippen molar-refractivity contribution in [3.63, 3.8) is 0 Å². The highest BCUT2D eigenvalue weighted by Crippen LogP contribution is 2.31. The first-order valence-corrected chi connectivity index (χ1v) is 12.0. The number of halogens is 3. The van der Waals surface area contributed by atoms with Gasteiger partial charge in [-0.05, 0) is 37.3 Å². The first kappa shape index (κ1) is 28.7. The third kappa shape index (κ3) is 7.58. The molecule has 0 unspecified atom stereocenters. The number of amides is 3. The van der Waals surface area contributed by atoms with Gasteiger partial charge in [-0.15, -0.1) is 0 Å². The van der Waals surface area contributed by atoms with Crippen LogP contribution in [-0.2, 0) is 21.1 Å². The van der Waals surface area contributed by atoms with Gasteiger partial charge in [0, 0.05) is 30.8 Å². The molecular formula is C27H32F3N5O3. The van der Waals surface area contributed by atoms with Crippen molar-refractivity contribution < 1.29 is 27.5 Å². The number of alkyl halides is 3. The lowest BCUT2D eigenvalue weighted by atomic mass is 9.92. The van der Waals surface area contributed by atoms with Crippen molar-refractivity contribution in [2.75, 3.05) is 37.4 Å². The molecule has 0 atom stereocenters. The predicted molar refractivity (Wildman–Crippen MR) is 140 cm³/mol. The first-order chi connectivity index (χ1) is 17.8. The number of nitrogens with one attached hydrogen (secondary N) is 2. The van der Waals surface area contributed by atoms with Crippen LogP contribution < -0.4 is 10.6 Å². The molecule has 2 N–H and O–H groups in total. The van der Waals surface area contributed by atoms with E-state index in [1.165, 1.54) is 19.2 Å². The summed E-state index contributed by atoms with van der Waals surface area (Å²) in [6.07, 6.45) is -4.55. The van der Waals surface area contributed by atoms with Gasteiger partial charge < -0.3 is 20.3 Å². The molecule has 3 aromatic rings. The molecule has 0 aliphatic carbocycles. The minimum Gasteiger partial charge on any atom is -0.383 e. The second kappa shape index (κ2) is 11.7. The van der Waals surface area contributed by atoms with E-state index < -0.39 is 23.7 Å². The molecule has 1 aromatic heterocycles. The molecule has 8 nitrogen and oxygen atoms in total. The largest absolute Gasteiger partial charge is 0.416 e. The molecule has 2 aromatic carbocycles. The van der Waals surface area contributed by atoms with Crippen LogP contribution in [0.5, 0.6) is 0 Å². The Balaban J connectivity index is 1.80. The Labute approximate surface area is 219 Å². The maximum Gasteiger partial charge on any atom is 0.416 e. The zero-order valence-electron chi connectivity index (χ0n) is 22.0. The van der Waals surface area contributed by atoms with E-state index in [1.54, 1.807) is 10.7 Å². The topological polar surface area (TPSA) is 88.5 Å². The number of benzene rings is 2. The number of aromatic nitrogens is 2. The summed E-state index contributed by atoms with van der Waals surface area (Å²) in [6, 6.07) is 13.0. The maximum absolute atomic E-state index is 13.1. The van der Waals surface area contributed by atoms with Gasteiger partial charge in [0.2, 0.25) is 5.91 Å². The van der Waals surface area contributed by atoms with Gasteiger partial charge >= 0.3 is 12.2 Å². The van der Waals surface area contributed by atoms with Crippen LogP contribution in [0.4, 0.5) is 29.5 Å². The van der Waals surface area contributed by atoms with Gasteiger partial charge in [-0.3, -0.25) is 4.79 Å². The smallest absolute Gasteiger partial charge is 0.383 e. The average molecular weight is 532 g/mol. The van der Waals surface area contributed by atoms with Crippen LogP contribution in [0.25, 0.3) is 5.69 Å². The number of ether oxygens (including phenoxy) is 1. The van der Waals surface area contributed by atoms with E-state index in [0.29, 0.717) is 5.82 Å². The van der Waals surface area contributed by atoms with E-state index in [1.807, 2.05) is 52.0 Å². The van der Waals surface area contributed by atoms with Crippen molar-refractivity contribution in [1.82, 2.24) is 14.7 Å². The van der Waals surface area contributed by atoms with Crippen LogP contribution in [-0.4, -0.2) is 53.4 Å². The van der Waals surface area contributed by atoms with E-state index in [0.717, 1.165) is 34.0 Å². The standard InChI is InChI=1S/C27H32F3N5O3/c1-18-9-11-21(12-10-18)35-23(16-22(33-35)26(2,3)4)32-24(36)17-34(13-14-38-5)25(37)31-20-8-6-7-19(15-20)27(28,29)30/h6-12,15-16H,13-14,17H2,1-5H3,(H,31,37)(H,32,36). The number of hydrogen-bond acceptors (Lipinski definition) is 4. The van der Waals surface area contributed by atoms with Crippen LogP contribution in [0, 0.1) is 6.92 Å². The molecule has 0 radical (unpaired) electrons. The lowest BCUT2D eigenvalue weighted by molar-refractivity contribution is -0.137. The second-order valence-electron chi connectivity index (χ2n) is 9.88. The summed E-state index contributed by atoms with van der Waals surface area (Å²) >= 11 is 0. The molecule has 0 fully saturated rings. The van der Waals surface area contributed by atoms with Crippen LogP contribution >= 0.6 is 0 Å². The van der Waals surface area contributed by atoms with Gasteiger partial charge in [0.05, 0.1) is 23.6 Å². The number of urea groups is 1. The Bertz CT molecular complexity index is 1260. The SMILES string of the molecule is COCCN(CC(=O)Nc1cc(C(C)(C)C)nn1-c1ccc(C)cc1)C(=O)Nc1cccc(C(F)(F)F)c1. The Kier molecular flexibility index (Phi) is 8.82. The molecule has 0 aliphatic heterocycles. The predicted octanol–water partition coefficient (Wildman–Crippen LogP) is 5.62. The van der Waals surface area contributed by atoms with Crippen molar-refractivity contribution in [2.24, 2.45) is 0 Å². The van der Waals surface area contributed by atoms with Gasteiger partial charge in [-0.25, -0.2) is 9.48 Å². The molecule has 1 heterocycles. The highest BCUT2D eigenvalue weighted by molar-refractivity contribution is 5.96. The maximum atomic E-state index is 13.1. The lowest BCUT2D eigenvalue weighted by Gasteiger charge is -2.22. The molecule has 0 saturated carbocycles. The van der Waals surface area contributed by atoms with Crippen molar-refractivity contribution in [1.29, 1.82) is 0 Å². The fourth-order valence-corrected chi connectivity index (χ4v) is 3.50. The summed E-state index contributed by atoms with van der Waals surface area (Å²) in [5.74, 6) is -0.0808. The summed E-state index contributed by atoms with van der Waals surface area (Å²) in [6.45, 7) is 7.78. The number of hydrogen-bond donors (Lipinski definition) is 2. The number of rotatable bonds is 8. The summed E-state index contributed by atoms with van der Waals surface area (Å²) < 4.78 is 45.9. The Hall–Kier alpha value is -3.86. The van der Waals surface area contributed by atoms with Crippen molar-refractivity contribution >= 4 is 23.4 Å². The fraction of sp³-hybridized carbons (Fsp3) is 0.370. The normalized spacial score (nSPS) is 11.8. The van der Waals surface area contributed by atoms with Crippen LogP contribution in [0.15, 0.2) is 54.6 Å². The molecule has 3 amide bonds. The molecule has 11 heteroatoms. The van der Waals surface area contributed by atoms with E-state index in [-0.39, 0.29) is 30.8 Å². The van der Waals surface area contributed by atoms with Crippen LogP contribution in [0.1, 0.15) is 37.6 Å². The van der Waals surface area contributed by atoms with Gasteiger partial charge in [0.25, 0.3) is 0 Å². The van der Waals surface area contributed by atoms with Gasteiger partial charge in [-0.1, -0.05) is 44.5 Å². The first-order valence-electron chi connectivity index (χ1n) is 12.0. The number of aryl methyl sites for hydroxylation is 1. The van der Waals surface area contributed by atoms with Crippen molar-refractivity contribution in [3.05, 3.63) is 71.4 Å².